The first kappa shape index (κ1) is 15.1. The van der Waals surface area contributed by atoms with E-state index in [2.05, 4.69) is 23.5 Å². The summed E-state index contributed by atoms with van der Waals surface area (Å²) >= 11 is 6.03. The molecule has 0 fully saturated rings. The zero-order chi connectivity index (χ0) is 15.4. The van der Waals surface area contributed by atoms with Gasteiger partial charge in [0.25, 0.3) is 0 Å². The van der Waals surface area contributed by atoms with Crippen LogP contribution in [0.5, 0.6) is 5.75 Å². The average Bonchev–Trinajstić information content (AvgIpc) is 2.53. The number of benzene rings is 2. The maximum Gasteiger partial charge on any atom is 0.119 e. The molecular weight excluding hydrogens is 284 g/mol. The highest BCUT2D eigenvalue weighted by Gasteiger charge is 2.09. The molecule has 4 heteroatoms. The third kappa shape index (κ3) is 2.78. The van der Waals surface area contributed by atoms with Crippen LogP contribution in [0.4, 0.5) is 5.69 Å². The maximum atomic E-state index is 6.03. The van der Waals surface area contributed by atoms with Gasteiger partial charge in [0.2, 0.25) is 0 Å². The number of pyridine rings is 1. The van der Waals surface area contributed by atoms with Crippen LogP contribution >= 0.6 is 11.6 Å². The molecule has 0 atom stereocenters. The Kier molecular flexibility index (Phi) is 4.66. The van der Waals surface area contributed by atoms with Crippen LogP contribution < -0.4 is 10.1 Å². The zero-order valence-electron chi connectivity index (χ0n) is 12.1. The van der Waals surface area contributed by atoms with Gasteiger partial charge in [-0.05, 0) is 36.4 Å². The van der Waals surface area contributed by atoms with Crippen molar-refractivity contribution in [1.82, 2.24) is 4.98 Å². The lowest BCUT2D eigenvalue weighted by Crippen LogP contribution is -1.94. The van der Waals surface area contributed by atoms with E-state index >= 15 is 0 Å². The number of rotatable bonds is 2. The number of nitrogens with one attached hydrogen (secondary N) is 1. The smallest absolute Gasteiger partial charge is 0.119 e. The monoisotopic (exact) mass is 300 g/mol. The lowest BCUT2D eigenvalue weighted by molar-refractivity contribution is 0.415. The van der Waals surface area contributed by atoms with Crippen molar-refractivity contribution in [3.63, 3.8) is 0 Å². The van der Waals surface area contributed by atoms with Crippen LogP contribution in [0.15, 0.2) is 49.6 Å². The minimum atomic E-state index is 0.690. The SMILES string of the molecule is C=C.CNc1c2ccc(Cl)cc2nc2ccc(OC)cc12. The Hall–Kier alpha value is -2.26. The number of fused-ring (bicyclic) bond motifs is 2. The van der Waals surface area contributed by atoms with Crippen LogP contribution in [0, 0.1) is 0 Å². The predicted octanol–water partition coefficient (Wildman–Crippen LogP) is 4.89. The number of ether oxygens (including phenoxy) is 1. The normalized spacial score (nSPS) is 10.0. The Morgan fingerprint density at radius 3 is 2.48 bits per heavy atom. The van der Waals surface area contributed by atoms with E-state index in [0.29, 0.717) is 5.02 Å². The third-order valence-corrected chi connectivity index (χ3v) is 3.43. The van der Waals surface area contributed by atoms with Crippen molar-refractivity contribution in [2.24, 2.45) is 0 Å². The second kappa shape index (κ2) is 6.46. The molecule has 2 aromatic carbocycles. The van der Waals surface area contributed by atoms with Crippen LogP contribution in [0.2, 0.25) is 5.02 Å². The van der Waals surface area contributed by atoms with E-state index in [0.717, 1.165) is 33.2 Å². The summed E-state index contributed by atoms with van der Waals surface area (Å²) in [6.07, 6.45) is 0. The predicted molar refractivity (Wildman–Crippen MR) is 91.6 cm³/mol. The second-order valence-electron chi connectivity index (χ2n) is 4.28. The van der Waals surface area contributed by atoms with Gasteiger partial charge in [0, 0.05) is 22.8 Å². The van der Waals surface area contributed by atoms with Gasteiger partial charge in [-0.15, -0.1) is 13.2 Å². The van der Waals surface area contributed by atoms with Gasteiger partial charge in [-0.1, -0.05) is 11.6 Å². The molecule has 0 amide bonds. The molecule has 0 radical (unpaired) electrons. The first-order valence-corrected chi connectivity index (χ1v) is 6.85. The molecule has 0 bridgehead atoms. The summed E-state index contributed by atoms with van der Waals surface area (Å²) in [6, 6.07) is 11.6. The van der Waals surface area contributed by atoms with Crippen LogP contribution in [0.3, 0.4) is 0 Å². The van der Waals surface area contributed by atoms with Crippen molar-refractivity contribution < 1.29 is 4.74 Å². The molecule has 0 saturated heterocycles. The molecule has 1 N–H and O–H groups in total. The van der Waals surface area contributed by atoms with Gasteiger partial charge >= 0.3 is 0 Å². The highest BCUT2D eigenvalue weighted by Crippen LogP contribution is 2.33. The van der Waals surface area contributed by atoms with Crippen molar-refractivity contribution in [2.75, 3.05) is 19.5 Å². The van der Waals surface area contributed by atoms with E-state index in [1.807, 2.05) is 43.4 Å². The number of anilines is 1. The molecular formula is C17H17ClN2O. The van der Waals surface area contributed by atoms with Crippen molar-refractivity contribution in [3.05, 3.63) is 54.6 Å². The molecule has 0 spiro atoms. The molecule has 3 rings (SSSR count). The zero-order valence-corrected chi connectivity index (χ0v) is 12.9. The van der Waals surface area contributed by atoms with Crippen LogP contribution in [0.1, 0.15) is 0 Å². The Morgan fingerprint density at radius 1 is 1.05 bits per heavy atom. The number of aromatic nitrogens is 1. The number of nitrogens with zero attached hydrogens (tertiary/aromatic N) is 1. The van der Waals surface area contributed by atoms with Gasteiger partial charge in [-0.2, -0.15) is 0 Å². The van der Waals surface area contributed by atoms with Crippen LogP contribution in [-0.4, -0.2) is 19.1 Å². The maximum absolute atomic E-state index is 6.03. The van der Waals surface area contributed by atoms with Gasteiger partial charge < -0.3 is 10.1 Å². The first-order chi connectivity index (χ1) is 10.2. The molecule has 0 aliphatic heterocycles. The Bertz CT molecular complexity index is 786. The second-order valence-corrected chi connectivity index (χ2v) is 4.72. The summed E-state index contributed by atoms with van der Waals surface area (Å²) in [6.45, 7) is 6.00. The number of hydrogen-bond acceptors (Lipinski definition) is 3. The third-order valence-electron chi connectivity index (χ3n) is 3.19. The lowest BCUT2D eigenvalue weighted by Gasteiger charge is -2.11. The van der Waals surface area contributed by atoms with E-state index in [1.165, 1.54) is 0 Å². The molecule has 3 aromatic rings. The summed E-state index contributed by atoms with van der Waals surface area (Å²) in [5.74, 6) is 0.819. The van der Waals surface area contributed by atoms with Crippen LogP contribution in [-0.2, 0) is 0 Å². The minimum absolute atomic E-state index is 0.690. The van der Waals surface area contributed by atoms with Crippen LogP contribution in [0.25, 0.3) is 21.8 Å². The number of halogens is 1. The quantitative estimate of drug-likeness (QED) is 0.540. The molecule has 0 saturated carbocycles. The molecule has 0 aliphatic rings. The van der Waals surface area contributed by atoms with Gasteiger partial charge in [-0.25, -0.2) is 4.98 Å². The van der Waals surface area contributed by atoms with E-state index in [1.54, 1.807) is 7.11 Å². The topological polar surface area (TPSA) is 34.2 Å². The largest absolute Gasteiger partial charge is 0.497 e. The summed E-state index contributed by atoms with van der Waals surface area (Å²) in [4.78, 5) is 4.64. The van der Waals surface area contributed by atoms with Crippen molar-refractivity contribution >= 4 is 39.1 Å². The number of methoxy groups -OCH3 is 1. The van der Waals surface area contributed by atoms with E-state index < -0.39 is 0 Å². The van der Waals surface area contributed by atoms with E-state index in [9.17, 15) is 0 Å². The Balaban J connectivity index is 0.000000774. The molecule has 1 heterocycles. The summed E-state index contributed by atoms with van der Waals surface area (Å²) in [5, 5.41) is 6.02. The van der Waals surface area contributed by atoms with Crippen molar-refractivity contribution in [3.8, 4) is 5.75 Å². The first-order valence-electron chi connectivity index (χ1n) is 6.47. The fraction of sp³-hybridized carbons (Fsp3) is 0.118. The summed E-state index contributed by atoms with van der Waals surface area (Å²) in [7, 11) is 3.57. The van der Waals surface area contributed by atoms with Gasteiger partial charge in [0.1, 0.15) is 5.75 Å². The van der Waals surface area contributed by atoms with E-state index in [4.69, 9.17) is 16.3 Å². The van der Waals surface area contributed by atoms with Gasteiger partial charge in [0.15, 0.2) is 0 Å². The molecule has 1 aromatic heterocycles. The molecule has 21 heavy (non-hydrogen) atoms. The number of hydrogen-bond donors (Lipinski definition) is 1. The molecule has 0 unspecified atom stereocenters. The highest BCUT2D eigenvalue weighted by molar-refractivity contribution is 6.31. The van der Waals surface area contributed by atoms with Gasteiger partial charge in [0.05, 0.1) is 23.8 Å². The standard InChI is InChI=1S/C15H13ClN2O.C2H4/c1-17-15-11-5-3-9(16)7-14(11)18-13-6-4-10(19-2)8-12(13)15;1-2/h3-8H,1-2H3,(H,17,18);1-2H2. The van der Waals surface area contributed by atoms with Crippen molar-refractivity contribution in [1.29, 1.82) is 0 Å². The van der Waals surface area contributed by atoms with Crippen molar-refractivity contribution in [2.45, 2.75) is 0 Å². The fourth-order valence-electron chi connectivity index (χ4n) is 2.29. The molecule has 0 aliphatic carbocycles. The Morgan fingerprint density at radius 2 is 1.81 bits per heavy atom. The van der Waals surface area contributed by atoms with Gasteiger partial charge in [-0.3, -0.25) is 0 Å². The Labute approximate surface area is 129 Å². The molecule has 3 nitrogen and oxygen atoms in total. The lowest BCUT2D eigenvalue weighted by atomic mass is 10.1. The fourth-order valence-corrected chi connectivity index (χ4v) is 2.46. The minimum Gasteiger partial charge on any atom is -0.497 e. The average molecular weight is 301 g/mol. The highest BCUT2D eigenvalue weighted by atomic mass is 35.5. The summed E-state index contributed by atoms with van der Waals surface area (Å²) in [5.41, 5.74) is 2.84. The van der Waals surface area contributed by atoms with E-state index in [-0.39, 0.29) is 0 Å². The summed E-state index contributed by atoms with van der Waals surface area (Å²) < 4.78 is 5.28. The molecule has 108 valence electrons.